The summed E-state index contributed by atoms with van der Waals surface area (Å²) in [5.74, 6) is 0.268. The van der Waals surface area contributed by atoms with Crippen molar-refractivity contribution in [3.05, 3.63) is 11.6 Å². The predicted octanol–water partition coefficient (Wildman–Crippen LogP) is 2.73. The van der Waals surface area contributed by atoms with E-state index >= 15 is 0 Å². The van der Waals surface area contributed by atoms with Gasteiger partial charge in [0.2, 0.25) is 5.91 Å². The maximum atomic E-state index is 11.7. The van der Waals surface area contributed by atoms with E-state index < -0.39 is 0 Å². The molecule has 0 radical (unpaired) electrons. The Morgan fingerprint density at radius 3 is 2.67 bits per heavy atom. The maximum Gasteiger partial charge on any atom is 0.223 e. The number of amides is 1. The highest BCUT2D eigenvalue weighted by atomic mass is 16.2. The van der Waals surface area contributed by atoms with E-state index in [2.05, 4.69) is 11.4 Å². The van der Waals surface area contributed by atoms with Crippen molar-refractivity contribution >= 4 is 5.91 Å². The third kappa shape index (κ3) is 5.67. The van der Waals surface area contributed by atoms with Gasteiger partial charge in [-0.2, -0.15) is 0 Å². The van der Waals surface area contributed by atoms with Crippen LogP contribution in [0.3, 0.4) is 0 Å². The van der Waals surface area contributed by atoms with Gasteiger partial charge in [0.05, 0.1) is 0 Å². The quantitative estimate of drug-likeness (QED) is 0.532. The first-order valence-electron chi connectivity index (χ1n) is 7.44. The van der Waals surface area contributed by atoms with E-state index in [1.807, 2.05) is 18.7 Å². The number of carbonyl (C=O) groups excluding carboxylic acids is 1. The van der Waals surface area contributed by atoms with Crippen molar-refractivity contribution in [3.8, 4) is 0 Å². The van der Waals surface area contributed by atoms with Gasteiger partial charge in [-0.05, 0) is 52.5 Å². The van der Waals surface area contributed by atoms with Crippen molar-refractivity contribution in [1.29, 1.82) is 0 Å². The van der Waals surface area contributed by atoms with Gasteiger partial charge >= 0.3 is 0 Å². The summed E-state index contributed by atoms with van der Waals surface area (Å²) >= 11 is 0. The fourth-order valence-corrected chi connectivity index (χ4v) is 2.44. The molecule has 0 fully saturated rings. The average Bonchev–Trinajstić information content (AvgIpc) is 2.41. The van der Waals surface area contributed by atoms with Gasteiger partial charge in [-0.25, -0.2) is 0 Å². The molecule has 0 heterocycles. The molecule has 0 unspecified atom stereocenters. The number of nitrogens with one attached hydrogen (secondary N) is 1. The van der Waals surface area contributed by atoms with Gasteiger partial charge in [0, 0.05) is 26.1 Å². The summed E-state index contributed by atoms with van der Waals surface area (Å²) in [5, 5.41) is 3.38. The summed E-state index contributed by atoms with van der Waals surface area (Å²) in [7, 11) is 0. The van der Waals surface area contributed by atoms with Gasteiger partial charge in [0.25, 0.3) is 0 Å². The third-order valence-electron chi connectivity index (χ3n) is 3.64. The fraction of sp³-hybridized carbons (Fsp3) is 0.800. The molecule has 1 rings (SSSR count). The molecule has 1 aliphatic carbocycles. The number of nitrogens with zero attached hydrogens (tertiary/aromatic N) is 1. The van der Waals surface area contributed by atoms with Gasteiger partial charge in [-0.15, -0.1) is 0 Å². The SMILES string of the molecule is CCN(CC)C(=O)CCNCCC1=CCCCC1. The lowest BCUT2D eigenvalue weighted by molar-refractivity contribution is -0.130. The summed E-state index contributed by atoms with van der Waals surface area (Å²) in [5.41, 5.74) is 1.60. The minimum Gasteiger partial charge on any atom is -0.343 e. The molecule has 3 heteroatoms. The zero-order valence-corrected chi connectivity index (χ0v) is 12.0. The summed E-state index contributed by atoms with van der Waals surface area (Å²) in [6, 6.07) is 0. The Hall–Kier alpha value is -0.830. The van der Waals surface area contributed by atoms with Crippen molar-refractivity contribution in [2.45, 2.75) is 52.4 Å². The number of carbonyl (C=O) groups is 1. The number of rotatable bonds is 8. The molecular formula is C15H28N2O. The molecule has 0 saturated heterocycles. The first kappa shape index (κ1) is 15.2. The molecule has 0 bridgehead atoms. The summed E-state index contributed by atoms with van der Waals surface area (Å²) in [6.45, 7) is 7.53. The van der Waals surface area contributed by atoms with Crippen LogP contribution in [0.15, 0.2) is 11.6 Å². The normalized spacial score (nSPS) is 15.3. The Morgan fingerprint density at radius 2 is 2.06 bits per heavy atom. The van der Waals surface area contributed by atoms with E-state index in [4.69, 9.17) is 0 Å². The van der Waals surface area contributed by atoms with Crippen LogP contribution in [-0.4, -0.2) is 37.0 Å². The number of allylic oxidation sites excluding steroid dienone is 1. The Bertz CT molecular complexity index is 270. The minimum absolute atomic E-state index is 0.268. The predicted molar refractivity (Wildman–Crippen MR) is 76.6 cm³/mol. The molecule has 0 spiro atoms. The Kier molecular flexibility index (Phi) is 7.74. The molecule has 0 aromatic rings. The van der Waals surface area contributed by atoms with E-state index in [1.165, 1.54) is 25.7 Å². The second kappa shape index (κ2) is 9.15. The lowest BCUT2D eigenvalue weighted by Crippen LogP contribution is -2.33. The first-order chi connectivity index (χ1) is 8.77. The second-order valence-electron chi connectivity index (χ2n) is 4.92. The lowest BCUT2D eigenvalue weighted by atomic mass is 9.97. The molecule has 0 atom stereocenters. The molecule has 0 aromatic carbocycles. The molecule has 1 N–H and O–H groups in total. The van der Waals surface area contributed by atoms with Crippen molar-refractivity contribution in [2.24, 2.45) is 0 Å². The largest absolute Gasteiger partial charge is 0.343 e. The smallest absolute Gasteiger partial charge is 0.223 e. The standard InChI is InChI=1S/C15H28N2O/c1-3-17(4-2)15(18)11-13-16-12-10-14-8-6-5-7-9-14/h8,16H,3-7,9-13H2,1-2H3. The van der Waals surface area contributed by atoms with Crippen LogP contribution in [0.2, 0.25) is 0 Å². The summed E-state index contributed by atoms with van der Waals surface area (Å²) < 4.78 is 0. The first-order valence-corrected chi connectivity index (χ1v) is 7.44. The molecule has 1 amide bonds. The topological polar surface area (TPSA) is 32.3 Å². The van der Waals surface area contributed by atoms with Gasteiger partial charge in [-0.1, -0.05) is 11.6 Å². The van der Waals surface area contributed by atoms with E-state index in [1.54, 1.807) is 5.57 Å². The van der Waals surface area contributed by atoms with Crippen LogP contribution in [0.25, 0.3) is 0 Å². The summed E-state index contributed by atoms with van der Waals surface area (Å²) in [6.07, 6.45) is 9.42. The number of hydrogen-bond donors (Lipinski definition) is 1. The van der Waals surface area contributed by atoms with E-state index in [0.717, 1.165) is 32.6 Å². The van der Waals surface area contributed by atoms with Crippen LogP contribution < -0.4 is 5.32 Å². The molecular weight excluding hydrogens is 224 g/mol. The highest BCUT2D eigenvalue weighted by molar-refractivity contribution is 5.76. The van der Waals surface area contributed by atoms with Gasteiger partial charge < -0.3 is 10.2 Å². The van der Waals surface area contributed by atoms with Gasteiger partial charge in [0.1, 0.15) is 0 Å². The monoisotopic (exact) mass is 252 g/mol. The van der Waals surface area contributed by atoms with Crippen LogP contribution in [-0.2, 0) is 4.79 Å². The Labute approximate surface area is 112 Å². The molecule has 0 aliphatic heterocycles. The van der Waals surface area contributed by atoms with E-state index in [-0.39, 0.29) is 5.91 Å². The van der Waals surface area contributed by atoms with Crippen molar-refractivity contribution < 1.29 is 4.79 Å². The highest BCUT2D eigenvalue weighted by Gasteiger charge is 2.08. The van der Waals surface area contributed by atoms with Gasteiger partial charge in [-0.3, -0.25) is 4.79 Å². The number of hydrogen-bond acceptors (Lipinski definition) is 2. The van der Waals surface area contributed by atoms with Crippen molar-refractivity contribution in [1.82, 2.24) is 10.2 Å². The Morgan fingerprint density at radius 1 is 1.28 bits per heavy atom. The molecule has 0 aromatic heterocycles. The lowest BCUT2D eigenvalue weighted by Gasteiger charge is -2.18. The average molecular weight is 252 g/mol. The zero-order chi connectivity index (χ0) is 13.2. The second-order valence-corrected chi connectivity index (χ2v) is 4.92. The summed E-state index contributed by atoms with van der Waals surface area (Å²) in [4.78, 5) is 13.6. The van der Waals surface area contributed by atoms with Crippen molar-refractivity contribution in [3.63, 3.8) is 0 Å². The molecule has 3 nitrogen and oxygen atoms in total. The van der Waals surface area contributed by atoms with E-state index in [9.17, 15) is 4.79 Å². The minimum atomic E-state index is 0.268. The molecule has 104 valence electrons. The van der Waals surface area contributed by atoms with Crippen LogP contribution in [0, 0.1) is 0 Å². The molecule has 0 saturated carbocycles. The molecule has 18 heavy (non-hydrogen) atoms. The highest BCUT2D eigenvalue weighted by Crippen LogP contribution is 2.19. The van der Waals surface area contributed by atoms with Gasteiger partial charge in [0.15, 0.2) is 0 Å². The van der Waals surface area contributed by atoms with Crippen molar-refractivity contribution in [2.75, 3.05) is 26.2 Å². The molecule has 1 aliphatic rings. The van der Waals surface area contributed by atoms with Crippen LogP contribution in [0.5, 0.6) is 0 Å². The maximum absolute atomic E-state index is 11.7. The fourth-order valence-electron chi connectivity index (χ4n) is 2.44. The van der Waals surface area contributed by atoms with Crippen LogP contribution in [0.1, 0.15) is 52.4 Å². The zero-order valence-electron chi connectivity index (χ0n) is 12.0. The van der Waals surface area contributed by atoms with Crippen LogP contribution in [0.4, 0.5) is 0 Å². The third-order valence-corrected chi connectivity index (χ3v) is 3.64. The van der Waals surface area contributed by atoms with Crippen LogP contribution >= 0.6 is 0 Å². The van der Waals surface area contributed by atoms with E-state index in [0.29, 0.717) is 6.42 Å². The Balaban J connectivity index is 2.04.